The topological polar surface area (TPSA) is 44.9 Å². The van der Waals surface area contributed by atoms with Gasteiger partial charge in [0.25, 0.3) is 5.91 Å². The molecule has 1 aliphatic rings. The zero-order valence-corrected chi connectivity index (χ0v) is 12.8. The van der Waals surface area contributed by atoms with Crippen molar-refractivity contribution >= 4 is 32.7 Å². The van der Waals surface area contributed by atoms with E-state index in [0.717, 1.165) is 38.6 Å². The van der Waals surface area contributed by atoms with E-state index >= 15 is 0 Å². The predicted molar refractivity (Wildman–Crippen MR) is 87.5 cm³/mol. The minimum absolute atomic E-state index is 0.0145. The van der Waals surface area contributed by atoms with Crippen molar-refractivity contribution in [2.24, 2.45) is 0 Å². The molecule has 3 nitrogen and oxygen atoms in total. The van der Waals surface area contributed by atoms with Crippen LogP contribution in [0.1, 0.15) is 15.9 Å². The number of H-pyrrole nitrogens is 1. The fraction of sp³-hybridized carbons (Fsp3) is 0.118. The fourth-order valence-corrected chi connectivity index (χ4v) is 3.28. The Kier molecular flexibility index (Phi) is 2.86. The van der Waals surface area contributed by atoms with Crippen molar-refractivity contribution in [2.45, 2.75) is 6.42 Å². The molecule has 1 amide bonds. The van der Waals surface area contributed by atoms with Crippen molar-refractivity contribution in [1.82, 2.24) is 10.3 Å². The van der Waals surface area contributed by atoms with E-state index in [-0.39, 0.29) is 5.91 Å². The van der Waals surface area contributed by atoms with Gasteiger partial charge in [0.1, 0.15) is 0 Å². The molecule has 0 spiro atoms. The number of carbonyl (C=O) groups excluding carboxylic acids is 1. The van der Waals surface area contributed by atoms with Crippen molar-refractivity contribution in [3.63, 3.8) is 0 Å². The van der Waals surface area contributed by atoms with Crippen molar-refractivity contribution in [1.29, 1.82) is 0 Å². The Morgan fingerprint density at radius 2 is 1.86 bits per heavy atom. The maximum absolute atomic E-state index is 12.2. The quantitative estimate of drug-likeness (QED) is 0.693. The third-order valence-electron chi connectivity index (χ3n) is 3.97. The number of halogens is 1. The zero-order valence-electron chi connectivity index (χ0n) is 11.2. The van der Waals surface area contributed by atoms with Gasteiger partial charge in [-0.1, -0.05) is 34.1 Å². The summed E-state index contributed by atoms with van der Waals surface area (Å²) in [7, 11) is 0. The Bertz CT molecular complexity index is 849. The molecule has 2 aromatic carbocycles. The molecule has 0 bridgehead atoms. The van der Waals surface area contributed by atoms with E-state index in [1.54, 1.807) is 0 Å². The van der Waals surface area contributed by atoms with Crippen LogP contribution >= 0.6 is 15.9 Å². The van der Waals surface area contributed by atoms with Gasteiger partial charge in [-0.2, -0.15) is 0 Å². The van der Waals surface area contributed by atoms with Crippen molar-refractivity contribution in [3.8, 4) is 11.3 Å². The number of hydrogen-bond acceptors (Lipinski definition) is 1. The Hall–Kier alpha value is -2.07. The Labute approximate surface area is 130 Å². The second-order valence-corrected chi connectivity index (χ2v) is 6.14. The van der Waals surface area contributed by atoms with Crippen LogP contribution in [-0.2, 0) is 6.42 Å². The van der Waals surface area contributed by atoms with Crippen LogP contribution in [0.15, 0.2) is 46.9 Å². The number of nitrogens with one attached hydrogen (secondary N) is 2. The SMILES string of the molecule is O=C1NCCc2c(-c3ccc(Br)cc3)[nH]c3cccc1c23. The van der Waals surface area contributed by atoms with Crippen molar-refractivity contribution in [2.75, 3.05) is 6.54 Å². The van der Waals surface area contributed by atoms with E-state index in [1.165, 1.54) is 5.56 Å². The van der Waals surface area contributed by atoms with Gasteiger partial charge in [-0.25, -0.2) is 0 Å². The highest BCUT2D eigenvalue weighted by atomic mass is 79.9. The first kappa shape index (κ1) is 12.7. The van der Waals surface area contributed by atoms with Crippen LogP contribution in [0, 0.1) is 0 Å². The number of carbonyl (C=O) groups is 1. The molecule has 104 valence electrons. The number of aromatic amines is 1. The summed E-state index contributed by atoms with van der Waals surface area (Å²) >= 11 is 3.47. The first-order chi connectivity index (χ1) is 10.2. The van der Waals surface area contributed by atoms with Crippen LogP contribution in [0.2, 0.25) is 0 Å². The molecule has 0 saturated carbocycles. The van der Waals surface area contributed by atoms with E-state index in [4.69, 9.17) is 0 Å². The van der Waals surface area contributed by atoms with E-state index < -0.39 is 0 Å². The molecule has 0 atom stereocenters. The average Bonchev–Trinajstić information content (AvgIpc) is 2.77. The van der Waals surface area contributed by atoms with E-state index in [9.17, 15) is 4.79 Å². The van der Waals surface area contributed by atoms with Crippen LogP contribution < -0.4 is 5.32 Å². The standard InChI is InChI=1S/C17H13BrN2O/c18-11-6-4-10(5-7-11)16-12-8-9-19-17(21)13-2-1-3-14(20-16)15(12)13/h1-7,20H,8-9H2,(H,19,21). The summed E-state index contributed by atoms with van der Waals surface area (Å²) in [5.41, 5.74) is 5.27. The maximum Gasteiger partial charge on any atom is 0.251 e. The molecule has 1 aromatic heterocycles. The predicted octanol–water partition coefficient (Wildman–Crippen LogP) is 3.88. The van der Waals surface area contributed by atoms with Crippen LogP contribution in [-0.4, -0.2) is 17.4 Å². The van der Waals surface area contributed by atoms with E-state index in [0.29, 0.717) is 6.54 Å². The molecule has 3 aromatic rings. The van der Waals surface area contributed by atoms with Gasteiger partial charge in [-0.15, -0.1) is 0 Å². The molecule has 4 heteroatoms. The lowest BCUT2D eigenvalue weighted by atomic mass is 10.0. The van der Waals surface area contributed by atoms with Gasteiger partial charge in [0.05, 0.1) is 0 Å². The monoisotopic (exact) mass is 340 g/mol. The lowest BCUT2D eigenvalue weighted by Crippen LogP contribution is -2.23. The third-order valence-corrected chi connectivity index (χ3v) is 4.49. The molecule has 0 fully saturated rings. The Morgan fingerprint density at radius 1 is 1.05 bits per heavy atom. The summed E-state index contributed by atoms with van der Waals surface area (Å²) < 4.78 is 1.06. The summed E-state index contributed by atoms with van der Waals surface area (Å²) in [5, 5.41) is 4.03. The van der Waals surface area contributed by atoms with Gasteiger partial charge >= 0.3 is 0 Å². The van der Waals surface area contributed by atoms with E-state index in [1.807, 2.05) is 30.3 Å². The van der Waals surface area contributed by atoms with Crippen LogP contribution in [0.5, 0.6) is 0 Å². The maximum atomic E-state index is 12.2. The number of aromatic nitrogens is 1. The summed E-state index contributed by atoms with van der Waals surface area (Å²) in [6.07, 6.45) is 0.841. The molecule has 2 heterocycles. The lowest BCUT2D eigenvalue weighted by Gasteiger charge is -2.04. The molecule has 0 aliphatic carbocycles. The number of hydrogen-bond donors (Lipinski definition) is 2. The zero-order chi connectivity index (χ0) is 14.4. The summed E-state index contributed by atoms with van der Waals surface area (Å²) in [5.74, 6) is 0.0145. The normalized spacial score (nSPS) is 14.0. The molecule has 2 N–H and O–H groups in total. The minimum atomic E-state index is 0.0145. The van der Waals surface area contributed by atoms with Crippen molar-refractivity contribution < 1.29 is 4.79 Å². The summed E-state index contributed by atoms with van der Waals surface area (Å²) in [6, 6.07) is 14.1. The minimum Gasteiger partial charge on any atom is -0.354 e. The van der Waals surface area contributed by atoms with Gasteiger partial charge in [0, 0.05) is 33.2 Å². The fourth-order valence-electron chi connectivity index (χ4n) is 3.02. The first-order valence-corrected chi connectivity index (χ1v) is 7.71. The van der Waals surface area contributed by atoms with Gasteiger partial charge in [0.15, 0.2) is 0 Å². The van der Waals surface area contributed by atoms with Crippen LogP contribution in [0.3, 0.4) is 0 Å². The highest BCUT2D eigenvalue weighted by molar-refractivity contribution is 9.10. The number of amides is 1. The van der Waals surface area contributed by atoms with Gasteiger partial charge < -0.3 is 10.3 Å². The molecule has 0 unspecified atom stereocenters. The summed E-state index contributed by atoms with van der Waals surface area (Å²) in [6.45, 7) is 0.671. The highest BCUT2D eigenvalue weighted by Crippen LogP contribution is 2.34. The average molecular weight is 341 g/mol. The van der Waals surface area contributed by atoms with Gasteiger partial charge in [-0.05, 0) is 41.8 Å². The van der Waals surface area contributed by atoms with Crippen LogP contribution in [0.25, 0.3) is 22.2 Å². The second-order valence-electron chi connectivity index (χ2n) is 5.22. The smallest absolute Gasteiger partial charge is 0.251 e. The number of benzene rings is 2. The molecular weight excluding hydrogens is 328 g/mol. The van der Waals surface area contributed by atoms with Crippen molar-refractivity contribution in [3.05, 3.63) is 58.1 Å². The number of rotatable bonds is 1. The molecule has 21 heavy (non-hydrogen) atoms. The van der Waals surface area contributed by atoms with Crippen LogP contribution in [0.4, 0.5) is 0 Å². The molecule has 1 aliphatic heterocycles. The third kappa shape index (κ3) is 1.98. The summed E-state index contributed by atoms with van der Waals surface area (Å²) in [4.78, 5) is 15.6. The van der Waals surface area contributed by atoms with E-state index in [2.05, 4.69) is 38.4 Å². The Morgan fingerprint density at radius 3 is 2.67 bits per heavy atom. The largest absolute Gasteiger partial charge is 0.354 e. The van der Waals surface area contributed by atoms with Gasteiger partial charge in [0.2, 0.25) is 0 Å². The lowest BCUT2D eigenvalue weighted by molar-refractivity contribution is 0.0957. The van der Waals surface area contributed by atoms with Gasteiger partial charge in [-0.3, -0.25) is 4.79 Å². The molecule has 4 rings (SSSR count). The Balaban J connectivity index is 2.02. The molecule has 0 saturated heterocycles. The molecule has 0 radical (unpaired) electrons. The molecular formula is C17H13BrN2O. The first-order valence-electron chi connectivity index (χ1n) is 6.92. The second kappa shape index (κ2) is 4.74. The highest BCUT2D eigenvalue weighted by Gasteiger charge is 2.21.